The van der Waals surface area contributed by atoms with Gasteiger partial charge in [0, 0.05) is 17.6 Å². The molecule has 0 fully saturated rings. The van der Waals surface area contributed by atoms with Crippen molar-refractivity contribution >= 4 is 31.8 Å². The van der Waals surface area contributed by atoms with E-state index in [9.17, 15) is 12.8 Å². The van der Waals surface area contributed by atoms with Crippen LogP contribution in [-0.2, 0) is 17.1 Å². The highest BCUT2D eigenvalue weighted by molar-refractivity contribution is 9.10. The number of anilines is 1. The van der Waals surface area contributed by atoms with Crippen LogP contribution in [0.15, 0.2) is 39.8 Å². The molecule has 1 aromatic carbocycles. The molecule has 0 amide bonds. The zero-order chi connectivity index (χ0) is 13.3. The van der Waals surface area contributed by atoms with E-state index in [1.165, 1.54) is 23.0 Å². The maximum Gasteiger partial charge on any atom is 0.264 e. The molecule has 0 saturated carbocycles. The van der Waals surface area contributed by atoms with Gasteiger partial charge in [-0.3, -0.25) is 9.40 Å². The third-order valence-electron chi connectivity index (χ3n) is 2.24. The molecule has 1 N–H and O–H groups in total. The summed E-state index contributed by atoms with van der Waals surface area (Å²) in [5.41, 5.74) is 0. The van der Waals surface area contributed by atoms with E-state index in [0.717, 1.165) is 12.1 Å². The lowest BCUT2D eigenvalue weighted by Gasteiger charge is -2.09. The summed E-state index contributed by atoms with van der Waals surface area (Å²) in [5.74, 6) is -0.187. The van der Waals surface area contributed by atoms with E-state index in [1.807, 2.05) is 0 Å². The predicted molar refractivity (Wildman–Crippen MR) is 68.1 cm³/mol. The third kappa shape index (κ3) is 2.54. The van der Waals surface area contributed by atoms with Crippen LogP contribution < -0.4 is 4.72 Å². The van der Waals surface area contributed by atoms with Gasteiger partial charge in [0.25, 0.3) is 10.0 Å². The number of hydrogen-bond donors (Lipinski definition) is 1. The lowest BCUT2D eigenvalue weighted by molar-refractivity contribution is 0.598. The van der Waals surface area contributed by atoms with Crippen LogP contribution in [0.3, 0.4) is 0 Å². The van der Waals surface area contributed by atoms with Crippen LogP contribution in [0.25, 0.3) is 0 Å². The van der Waals surface area contributed by atoms with Gasteiger partial charge in [-0.2, -0.15) is 5.10 Å². The molecule has 1 heterocycles. The standard InChI is InChI=1S/C10H9BrFN3O2S/c1-15-10(4-5-13-15)14-18(16,17)9-3-2-7(12)6-8(9)11/h2-6,14H,1H3. The molecule has 0 saturated heterocycles. The Morgan fingerprint density at radius 3 is 2.67 bits per heavy atom. The van der Waals surface area contributed by atoms with Crippen molar-refractivity contribution < 1.29 is 12.8 Å². The molecule has 0 bridgehead atoms. The largest absolute Gasteiger partial charge is 0.264 e. The fourth-order valence-corrected chi connectivity index (χ4v) is 3.50. The first-order valence-electron chi connectivity index (χ1n) is 4.86. The predicted octanol–water partition coefficient (Wildman–Crippen LogP) is 2.12. The van der Waals surface area contributed by atoms with Gasteiger partial charge in [-0.25, -0.2) is 12.8 Å². The number of nitrogens with zero attached hydrogens (tertiary/aromatic N) is 2. The van der Waals surface area contributed by atoms with E-state index in [1.54, 1.807) is 7.05 Å². The number of aryl methyl sites for hydroxylation is 1. The second-order valence-electron chi connectivity index (χ2n) is 3.52. The Bertz CT molecular complexity index is 684. The van der Waals surface area contributed by atoms with Gasteiger partial charge < -0.3 is 0 Å². The summed E-state index contributed by atoms with van der Waals surface area (Å²) in [5, 5.41) is 3.85. The summed E-state index contributed by atoms with van der Waals surface area (Å²) < 4.78 is 41.0. The van der Waals surface area contributed by atoms with E-state index in [2.05, 4.69) is 25.8 Å². The number of aromatic nitrogens is 2. The SMILES string of the molecule is Cn1nccc1NS(=O)(=O)c1ccc(F)cc1Br. The minimum atomic E-state index is -3.78. The van der Waals surface area contributed by atoms with Gasteiger partial charge in [0.2, 0.25) is 0 Å². The quantitative estimate of drug-likeness (QED) is 0.935. The molecule has 5 nitrogen and oxygen atoms in total. The smallest absolute Gasteiger partial charge is 0.264 e. The molecule has 0 radical (unpaired) electrons. The highest BCUT2D eigenvalue weighted by atomic mass is 79.9. The fourth-order valence-electron chi connectivity index (χ4n) is 1.36. The van der Waals surface area contributed by atoms with Crippen molar-refractivity contribution in [2.45, 2.75) is 4.90 Å². The van der Waals surface area contributed by atoms with Crippen molar-refractivity contribution in [1.29, 1.82) is 0 Å². The molecule has 18 heavy (non-hydrogen) atoms. The maximum absolute atomic E-state index is 12.9. The van der Waals surface area contributed by atoms with Crippen molar-refractivity contribution in [3.8, 4) is 0 Å². The summed E-state index contributed by atoms with van der Waals surface area (Å²) in [6, 6.07) is 4.90. The lowest BCUT2D eigenvalue weighted by atomic mass is 10.3. The number of benzene rings is 1. The molecule has 2 aromatic rings. The first kappa shape index (κ1) is 13.0. The average Bonchev–Trinajstić information content (AvgIpc) is 2.63. The zero-order valence-corrected chi connectivity index (χ0v) is 11.7. The molecular formula is C10H9BrFN3O2S. The van der Waals surface area contributed by atoms with Crippen LogP contribution in [0, 0.1) is 5.82 Å². The maximum atomic E-state index is 12.9. The second kappa shape index (κ2) is 4.69. The molecule has 0 unspecified atom stereocenters. The Kier molecular flexibility index (Phi) is 3.40. The first-order valence-corrected chi connectivity index (χ1v) is 7.13. The van der Waals surface area contributed by atoms with E-state index >= 15 is 0 Å². The summed E-state index contributed by atoms with van der Waals surface area (Å²) in [4.78, 5) is -0.0369. The van der Waals surface area contributed by atoms with Gasteiger partial charge in [-0.15, -0.1) is 0 Å². The monoisotopic (exact) mass is 333 g/mol. The molecule has 1 aromatic heterocycles. The summed E-state index contributed by atoms with van der Waals surface area (Å²) in [7, 11) is -2.17. The molecule has 96 valence electrons. The topological polar surface area (TPSA) is 64.0 Å². The van der Waals surface area contributed by atoms with Crippen molar-refractivity contribution in [1.82, 2.24) is 9.78 Å². The van der Waals surface area contributed by atoms with E-state index < -0.39 is 15.8 Å². The number of nitrogens with one attached hydrogen (secondary N) is 1. The molecule has 0 spiro atoms. The summed E-state index contributed by atoms with van der Waals surface area (Å²) in [6.07, 6.45) is 1.47. The molecular weight excluding hydrogens is 325 g/mol. The second-order valence-corrected chi connectivity index (χ2v) is 6.03. The van der Waals surface area contributed by atoms with Crippen molar-refractivity contribution in [2.24, 2.45) is 7.05 Å². The number of hydrogen-bond acceptors (Lipinski definition) is 3. The Hall–Kier alpha value is -1.41. The summed E-state index contributed by atoms with van der Waals surface area (Å²) in [6.45, 7) is 0. The highest BCUT2D eigenvalue weighted by Crippen LogP contribution is 2.24. The van der Waals surface area contributed by atoms with Gasteiger partial charge in [-0.1, -0.05) is 0 Å². The van der Waals surface area contributed by atoms with Gasteiger partial charge >= 0.3 is 0 Å². The van der Waals surface area contributed by atoms with Crippen LogP contribution in [0.2, 0.25) is 0 Å². The summed E-state index contributed by atoms with van der Waals surface area (Å²) >= 11 is 3.02. The Labute approximate surface area is 112 Å². The number of halogens is 2. The molecule has 2 rings (SSSR count). The van der Waals surface area contributed by atoms with Gasteiger partial charge in [-0.05, 0) is 34.1 Å². The Balaban J connectivity index is 2.40. The van der Waals surface area contributed by atoms with Crippen LogP contribution in [0.5, 0.6) is 0 Å². The normalized spacial score (nSPS) is 11.5. The third-order valence-corrected chi connectivity index (χ3v) is 4.57. The van der Waals surface area contributed by atoms with E-state index in [0.29, 0.717) is 5.82 Å². The molecule has 0 atom stereocenters. The Morgan fingerprint density at radius 2 is 2.11 bits per heavy atom. The molecule has 0 aliphatic heterocycles. The van der Waals surface area contributed by atoms with Crippen LogP contribution >= 0.6 is 15.9 Å². The van der Waals surface area contributed by atoms with E-state index in [-0.39, 0.29) is 9.37 Å². The van der Waals surface area contributed by atoms with Gasteiger partial charge in [0.15, 0.2) is 0 Å². The minimum absolute atomic E-state index is 0.0369. The highest BCUT2D eigenvalue weighted by Gasteiger charge is 2.19. The van der Waals surface area contributed by atoms with Gasteiger partial charge in [0.1, 0.15) is 16.5 Å². The van der Waals surface area contributed by atoms with Crippen LogP contribution in [0.4, 0.5) is 10.2 Å². The molecule has 0 aliphatic carbocycles. The number of sulfonamides is 1. The lowest BCUT2D eigenvalue weighted by Crippen LogP contribution is -2.16. The average molecular weight is 334 g/mol. The van der Waals surface area contributed by atoms with Crippen LogP contribution in [-0.4, -0.2) is 18.2 Å². The van der Waals surface area contributed by atoms with Crippen LogP contribution in [0.1, 0.15) is 0 Å². The zero-order valence-electron chi connectivity index (χ0n) is 9.26. The minimum Gasteiger partial charge on any atom is -0.264 e. The molecule has 8 heteroatoms. The van der Waals surface area contributed by atoms with Crippen molar-refractivity contribution in [3.05, 3.63) is 40.8 Å². The van der Waals surface area contributed by atoms with Gasteiger partial charge in [0.05, 0.1) is 6.20 Å². The first-order chi connectivity index (χ1) is 8.40. The Morgan fingerprint density at radius 1 is 1.39 bits per heavy atom. The van der Waals surface area contributed by atoms with Crippen molar-refractivity contribution in [3.63, 3.8) is 0 Å². The fraction of sp³-hybridized carbons (Fsp3) is 0.100. The molecule has 0 aliphatic rings. The number of rotatable bonds is 3. The van der Waals surface area contributed by atoms with Crippen molar-refractivity contribution in [2.75, 3.05) is 4.72 Å². The van der Waals surface area contributed by atoms with E-state index in [4.69, 9.17) is 0 Å².